The van der Waals surface area contributed by atoms with Gasteiger partial charge in [-0.05, 0) is 18.2 Å². The van der Waals surface area contributed by atoms with Crippen LogP contribution in [0.1, 0.15) is 10.4 Å². The summed E-state index contributed by atoms with van der Waals surface area (Å²) >= 11 is 0. The van der Waals surface area contributed by atoms with Gasteiger partial charge in [0.25, 0.3) is 5.91 Å². The lowest BCUT2D eigenvalue weighted by molar-refractivity contribution is 0.102. The number of ether oxygens (including phenoxy) is 1. The summed E-state index contributed by atoms with van der Waals surface area (Å²) in [6.07, 6.45) is 0. The second-order valence-corrected chi connectivity index (χ2v) is 3.99. The van der Waals surface area contributed by atoms with E-state index in [0.29, 0.717) is 23.2 Å². The van der Waals surface area contributed by atoms with E-state index in [2.05, 4.69) is 30.9 Å². The third-order valence-corrected chi connectivity index (χ3v) is 2.64. The molecule has 110 valence electrons. The van der Waals surface area contributed by atoms with E-state index in [9.17, 15) is 4.79 Å². The zero-order chi connectivity index (χ0) is 15.2. The maximum absolute atomic E-state index is 12.2. The number of aromatic nitrogens is 3. The van der Waals surface area contributed by atoms with Crippen molar-refractivity contribution in [2.75, 3.05) is 37.2 Å². The summed E-state index contributed by atoms with van der Waals surface area (Å²) in [7, 11) is 4.91. The Hall–Kier alpha value is -2.90. The summed E-state index contributed by atoms with van der Waals surface area (Å²) in [6.45, 7) is 0. The molecule has 2 aromatic rings. The Morgan fingerprint density at radius 1 is 1.05 bits per heavy atom. The summed E-state index contributed by atoms with van der Waals surface area (Å²) in [5.41, 5.74) is 0.451. The lowest BCUT2D eigenvalue weighted by Gasteiger charge is -2.08. The molecule has 0 saturated heterocycles. The van der Waals surface area contributed by atoms with Gasteiger partial charge in [-0.25, -0.2) is 0 Å². The first-order chi connectivity index (χ1) is 10.2. The van der Waals surface area contributed by atoms with Crippen LogP contribution in [-0.2, 0) is 0 Å². The minimum Gasteiger partial charge on any atom is -0.497 e. The second kappa shape index (κ2) is 6.51. The number of carbonyl (C=O) groups excluding carboxylic acids is 1. The Morgan fingerprint density at radius 2 is 1.67 bits per heavy atom. The average Bonchev–Trinajstić information content (AvgIpc) is 2.54. The highest BCUT2D eigenvalue weighted by molar-refractivity contribution is 6.03. The zero-order valence-corrected chi connectivity index (χ0v) is 12.0. The predicted molar refractivity (Wildman–Crippen MR) is 79.9 cm³/mol. The first kappa shape index (κ1) is 14.5. The van der Waals surface area contributed by atoms with Crippen molar-refractivity contribution in [3.05, 3.63) is 29.8 Å². The van der Waals surface area contributed by atoms with Gasteiger partial charge in [0, 0.05) is 19.7 Å². The molecule has 0 unspecified atom stereocenters. The maximum Gasteiger partial charge on any atom is 0.258 e. The average molecular weight is 288 g/mol. The first-order valence-corrected chi connectivity index (χ1v) is 6.23. The standard InChI is InChI=1S/C13H16N6O2/c1-14-11-17-12(15-2)19-13(18-11)16-10(20)8-5-4-6-9(7-8)21-3/h4-7H,1-3H3,(H3,14,15,16,17,18,19,20). The van der Waals surface area contributed by atoms with Crippen molar-refractivity contribution in [3.63, 3.8) is 0 Å². The van der Waals surface area contributed by atoms with Crippen LogP contribution in [0.15, 0.2) is 24.3 Å². The van der Waals surface area contributed by atoms with Crippen molar-refractivity contribution in [1.82, 2.24) is 15.0 Å². The number of nitrogens with zero attached hydrogens (tertiary/aromatic N) is 3. The van der Waals surface area contributed by atoms with Crippen LogP contribution in [0.3, 0.4) is 0 Å². The Balaban J connectivity index is 2.22. The second-order valence-electron chi connectivity index (χ2n) is 3.99. The largest absolute Gasteiger partial charge is 0.497 e. The zero-order valence-electron chi connectivity index (χ0n) is 12.0. The molecule has 8 heteroatoms. The third-order valence-electron chi connectivity index (χ3n) is 2.64. The molecule has 0 radical (unpaired) electrons. The molecule has 0 aliphatic heterocycles. The highest BCUT2D eigenvalue weighted by Crippen LogP contribution is 2.14. The summed E-state index contributed by atoms with van der Waals surface area (Å²) in [5, 5.41) is 8.22. The van der Waals surface area contributed by atoms with Gasteiger partial charge >= 0.3 is 0 Å². The summed E-state index contributed by atoms with van der Waals surface area (Å²) in [5.74, 6) is 1.14. The van der Waals surface area contributed by atoms with E-state index in [1.807, 2.05) is 0 Å². The molecule has 1 aromatic carbocycles. The molecular formula is C13H16N6O2. The van der Waals surface area contributed by atoms with Gasteiger partial charge in [-0.3, -0.25) is 10.1 Å². The molecule has 2 rings (SSSR count). The van der Waals surface area contributed by atoms with Gasteiger partial charge in [0.05, 0.1) is 7.11 Å². The molecule has 8 nitrogen and oxygen atoms in total. The first-order valence-electron chi connectivity index (χ1n) is 6.23. The van der Waals surface area contributed by atoms with Gasteiger partial charge in [0.15, 0.2) is 0 Å². The number of amides is 1. The molecule has 0 aliphatic carbocycles. The summed E-state index contributed by atoms with van der Waals surface area (Å²) in [4.78, 5) is 24.4. The number of methoxy groups -OCH3 is 1. The molecule has 0 saturated carbocycles. The summed E-state index contributed by atoms with van der Waals surface area (Å²) < 4.78 is 5.09. The minimum absolute atomic E-state index is 0.159. The van der Waals surface area contributed by atoms with E-state index >= 15 is 0 Å². The van der Waals surface area contributed by atoms with Crippen LogP contribution >= 0.6 is 0 Å². The SMILES string of the molecule is CNc1nc(NC)nc(NC(=O)c2cccc(OC)c2)n1. The van der Waals surface area contributed by atoms with Gasteiger partial charge in [0.2, 0.25) is 17.8 Å². The van der Waals surface area contributed by atoms with Gasteiger partial charge in [-0.2, -0.15) is 15.0 Å². The molecule has 0 bridgehead atoms. The van der Waals surface area contributed by atoms with E-state index in [-0.39, 0.29) is 11.9 Å². The molecule has 0 fully saturated rings. The van der Waals surface area contributed by atoms with Crippen molar-refractivity contribution < 1.29 is 9.53 Å². The summed E-state index contributed by atoms with van der Waals surface area (Å²) in [6, 6.07) is 6.81. The molecule has 1 amide bonds. The number of rotatable bonds is 5. The monoisotopic (exact) mass is 288 g/mol. The van der Waals surface area contributed by atoms with E-state index in [4.69, 9.17) is 4.74 Å². The smallest absolute Gasteiger partial charge is 0.258 e. The fraction of sp³-hybridized carbons (Fsp3) is 0.231. The Morgan fingerprint density at radius 3 is 2.24 bits per heavy atom. The fourth-order valence-corrected chi connectivity index (χ4v) is 1.59. The van der Waals surface area contributed by atoms with Gasteiger partial charge in [0.1, 0.15) is 5.75 Å². The Labute approximate surface area is 122 Å². The van der Waals surface area contributed by atoms with Crippen LogP contribution in [0.25, 0.3) is 0 Å². The normalized spacial score (nSPS) is 9.86. The van der Waals surface area contributed by atoms with Crippen LogP contribution < -0.4 is 20.7 Å². The molecule has 1 aromatic heterocycles. The van der Waals surface area contributed by atoms with Crippen molar-refractivity contribution in [2.24, 2.45) is 0 Å². The molecule has 0 spiro atoms. The number of nitrogens with one attached hydrogen (secondary N) is 3. The van der Waals surface area contributed by atoms with Crippen LogP contribution in [-0.4, -0.2) is 42.1 Å². The predicted octanol–water partition coefficient (Wildman–Crippen LogP) is 1.22. The molecule has 0 atom stereocenters. The Bertz CT molecular complexity index is 624. The number of hydrogen-bond donors (Lipinski definition) is 3. The topological polar surface area (TPSA) is 101 Å². The highest BCUT2D eigenvalue weighted by Gasteiger charge is 2.11. The van der Waals surface area contributed by atoms with E-state index in [1.54, 1.807) is 45.5 Å². The fourth-order valence-electron chi connectivity index (χ4n) is 1.59. The van der Waals surface area contributed by atoms with Crippen LogP contribution in [0.5, 0.6) is 5.75 Å². The molecule has 3 N–H and O–H groups in total. The van der Waals surface area contributed by atoms with Crippen molar-refractivity contribution in [1.29, 1.82) is 0 Å². The number of hydrogen-bond acceptors (Lipinski definition) is 7. The number of benzene rings is 1. The molecule has 1 heterocycles. The molecular weight excluding hydrogens is 272 g/mol. The van der Waals surface area contributed by atoms with E-state index in [1.165, 1.54) is 0 Å². The van der Waals surface area contributed by atoms with Crippen LogP contribution in [0.4, 0.5) is 17.8 Å². The van der Waals surface area contributed by atoms with Gasteiger partial charge in [-0.1, -0.05) is 6.07 Å². The lowest BCUT2D eigenvalue weighted by atomic mass is 10.2. The van der Waals surface area contributed by atoms with E-state index in [0.717, 1.165) is 0 Å². The Kier molecular flexibility index (Phi) is 4.50. The van der Waals surface area contributed by atoms with Crippen LogP contribution in [0, 0.1) is 0 Å². The molecule has 21 heavy (non-hydrogen) atoms. The van der Waals surface area contributed by atoms with Crippen molar-refractivity contribution in [3.8, 4) is 5.75 Å². The third kappa shape index (κ3) is 3.56. The molecule has 0 aliphatic rings. The van der Waals surface area contributed by atoms with Gasteiger partial charge < -0.3 is 15.4 Å². The van der Waals surface area contributed by atoms with Crippen LogP contribution in [0.2, 0.25) is 0 Å². The maximum atomic E-state index is 12.2. The number of carbonyl (C=O) groups is 1. The van der Waals surface area contributed by atoms with E-state index < -0.39 is 0 Å². The number of anilines is 3. The van der Waals surface area contributed by atoms with Crippen molar-refractivity contribution in [2.45, 2.75) is 0 Å². The van der Waals surface area contributed by atoms with Gasteiger partial charge in [-0.15, -0.1) is 0 Å². The van der Waals surface area contributed by atoms with Crippen molar-refractivity contribution >= 4 is 23.8 Å². The lowest BCUT2D eigenvalue weighted by Crippen LogP contribution is -2.16. The quantitative estimate of drug-likeness (QED) is 0.760. The minimum atomic E-state index is -0.329. The highest BCUT2D eigenvalue weighted by atomic mass is 16.5.